The average molecular weight is 254 g/mol. The molecule has 2 heteroatoms. The van der Waals surface area contributed by atoms with Crippen molar-refractivity contribution in [3.05, 3.63) is 0 Å². The number of carboxylic acids is 1. The van der Waals surface area contributed by atoms with Crippen molar-refractivity contribution in [2.75, 3.05) is 0 Å². The predicted molar refractivity (Wildman–Crippen MR) is 75.6 cm³/mol. The number of aliphatic carboxylic acids is 1. The largest absolute Gasteiger partial charge is 0.481 e. The topological polar surface area (TPSA) is 37.3 Å². The van der Waals surface area contributed by atoms with E-state index in [4.69, 9.17) is 0 Å². The van der Waals surface area contributed by atoms with E-state index >= 15 is 0 Å². The first-order chi connectivity index (χ1) is 8.17. The maximum absolute atomic E-state index is 11.6. The van der Waals surface area contributed by atoms with Crippen molar-refractivity contribution in [2.45, 2.75) is 73.1 Å². The molecule has 1 saturated carbocycles. The Kier molecular flexibility index (Phi) is 4.85. The SMILES string of the molecule is CC(C)CCC1(C(=O)O)CCC(C(C)(C)C)CC1. The first kappa shape index (κ1) is 15.5. The van der Waals surface area contributed by atoms with E-state index in [1.807, 2.05) is 0 Å². The molecule has 0 aromatic rings. The summed E-state index contributed by atoms with van der Waals surface area (Å²) in [5.74, 6) is 0.723. The zero-order chi connectivity index (χ0) is 14.0. The Balaban J connectivity index is 2.66. The van der Waals surface area contributed by atoms with Gasteiger partial charge >= 0.3 is 5.97 Å². The molecule has 0 unspecified atom stereocenters. The third kappa shape index (κ3) is 3.73. The van der Waals surface area contributed by atoms with Crippen LogP contribution >= 0.6 is 0 Å². The Morgan fingerprint density at radius 1 is 1.28 bits per heavy atom. The summed E-state index contributed by atoms with van der Waals surface area (Å²) < 4.78 is 0. The van der Waals surface area contributed by atoms with Gasteiger partial charge in [-0.3, -0.25) is 4.79 Å². The van der Waals surface area contributed by atoms with E-state index in [-0.39, 0.29) is 0 Å². The number of rotatable bonds is 4. The van der Waals surface area contributed by atoms with E-state index in [2.05, 4.69) is 34.6 Å². The number of carboxylic acid groups (broad SMARTS) is 1. The third-order valence-corrected chi connectivity index (χ3v) is 4.82. The standard InChI is InChI=1S/C16H30O2/c1-12(2)6-9-16(14(17)18)10-7-13(8-11-16)15(3,4)5/h12-13H,6-11H2,1-5H3,(H,17,18). The van der Waals surface area contributed by atoms with E-state index in [9.17, 15) is 9.90 Å². The Labute approximate surface area is 112 Å². The molecule has 0 heterocycles. The van der Waals surface area contributed by atoms with Crippen LogP contribution in [-0.2, 0) is 4.79 Å². The summed E-state index contributed by atoms with van der Waals surface area (Å²) in [7, 11) is 0. The van der Waals surface area contributed by atoms with Crippen LogP contribution in [0.3, 0.4) is 0 Å². The van der Waals surface area contributed by atoms with Crippen LogP contribution in [-0.4, -0.2) is 11.1 Å². The Morgan fingerprint density at radius 2 is 1.78 bits per heavy atom. The number of hydrogen-bond donors (Lipinski definition) is 1. The lowest BCUT2D eigenvalue weighted by Crippen LogP contribution is -2.38. The minimum atomic E-state index is -0.560. The molecule has 0 atom stereocenters. The first-order valence-corrected chi connectivity index (χ1v) is 7.41. The fraction of sp³-hybridized carbons (Fsp3) is 0.938. The minimum Gasteiger partial charge on any atom is -0.481 e. The van der Waals surface area contributed by atoms with Crippen molar-refractivity contribution in [3.63, 3.8) is 0 Å². The molecule has 1 fully saturated rings. The molecule has 18 heavy (non-hydrogen) atoms. The van der Waals surface area contributed by atoms with Crippen LogP contribution in [0, 0.1) is 22.7 Å². The number of carbonyl (C=O) groups is 1. The van der Waals surface area contributed by atoms with Gasteiger partial charge in [-0.1, -0.05) is 34.6 Å². The van der Waals surface area contributed by atoms with Gasteiger partial charge in [0.05, 0.1) is 5.41 Å². The molecule has 0 aromatic heterocycles. The molecular weight excluding hydrogens is 224 g/mol. The molecule has 1 aliphatic carbocycles. The van der Waals surface area contributed by atoms with Gasteiger partial charge in [-0.2, -0.15) is 0 Å². The van der Waals surface area contributed by atoms with Crippen molar-refractivity contribution in [1.29, 1.82) is 0 Å². The van der Waals surface area contributed by atoms with E-state index in [1.165, 1.54) is 0 Å². The van der Waals surface area contributed by atoms with Gasteiger partial charge < -0.3 is 5.11 Å². The smallest absolute Gasteiger partial charge is 0.309 e. The summed E-state index contributed by atoms with van der Waals surface area (Å²) in [6, 6.07) is 0. The molecule has 0 aromatic carbocycles. The first-order valence-electron chi connectivity index (χ1n) is 7.41. The van der Waals surface area contributed by atoms with Gasteiger partial charge in [0.25, 0.3) is 0 Å². The third-order valence-electron chi connectivity index (χ3n) is 4.82. The zero-order valence-corrected chi connectivity index (χ0v) is 12.8. The second kappa shape index (κ2) is 5.63. The maximum atomic E-state index is 11.6. The molecule has 1 N–H and O–H groups in total. The van der Waals surface area contributed by atoms with Crippen molar-refractivity contribution in [3.8, 4) is 0 Å². The van der Waals surface area contributed by atoms with E-state index in [0.29, 0.717) is 17.3 Å². The fourth-order valence-corrected chi connectivity index (χ4v) is 3.17. The second-order valence-corrected chi connectivity index (χ2v) is 7.66. The van der Waals surface area contributed by atoms with Gasteiger partial charge in [0.1, 0.15) is 0 Å². The molecule has 0 bridgehead atoms. The zero-order valence-electron chi connectivity index (χ0n) is 12.8. The summed E-state index contributed by atoms with van der Waals surface area (Å²) >= 11 is 0. The van der Waals surface area contributed by atoms with Crippen LogP contribution < -0.4 is 0 Å². The molecule has 106 valence electrons. The van der Waals surface area contributed by atoms with Gasteiger partial charge in [-0.25, -0.2) is 0 Å². The monoisotopic (exact) mass is 254 g/mol. The Bertz CT molecular complexity index is 278. The summed E-state index contributed by atoms with van der Waals surface area (Å²) in [5.41, 5.74) is -0.102. The van der Waals surface area contributed by atoms with Crippen LogP contribution in [0.4, 0.5) is 0 Å². The van der Waals surface area contributed by atoms with Crippen molar-refractivity contribution in [2.24, 2.45) is 22.7 Å². The molecule has 0 radical (unpaired) electrons. The van der Waals surface area contributed by atoms with Crippen LogP contribution in [0.25, 0.3) is 0 Å². The lowest BCUT2D eigenvalue weighted by molar-refractivity contribution is -0.153. The van der Waals surface area contributed by atoms with Gasteiger partial charge in [-0.05, 0) is 55.8 Å². The van der Waals surface area contributed by atoms with Crippen LogP contribution in [0.15, 0.2) is 0 Å². The quantitative estimate of drug-likeness (QED) is 0.787. The molecule has 1 rings (SSSR count). The van der Waals surface area contributed by atoms with E-state index in [1.54, 1.807) is 0 Å². The lowest BCUT2D eigenvalue weighted by Gasteiger charge is -2.42. The van der Waals surface area contributed by atoms with E-state index < -0.39 is 11.4 Å². The fourth-order valence-electron chi connectivity index (χ4n) is 3.17. The second-order valence-electron chi connectivity index (χ2n) is 7.66. The Morgan fingerprint density at radius 3 is 2.11 bits per heavy atom. The highest BCUT2D eigenvalue weighted by Crippen LogP contribution is 2.48. The molecule has 0 spiro atoms. The van der Waals surface area contributed by atoms with Gasteiger partial charge in [0, 0.05) is 0 Å². The lowest BCUT2D eigenvalue weighted by atomic mass is 9.62. The summed E-state index contributed by atoms with van der Waals surface area (Å²) in [4.78, 5) is 11.6. The van der Waals surface area contributed by atoms with Crippen LogP contribution in [0.1, 0.15) is 73.1 Å². The average Bonchev–Trinajstić information content (AvgIpc) is 2.25. The highest BCUT2D eigenvalue weighted by Gasteiger charge is 2.43. The minimum absolute atomic E-state index is 0.322. The Hall–Kier alpha value is -0.530. The highest BCUT2D eigenvalue weighted by atomic mass is 16.4. The van der Waals surface area contributed by atoms with Crippen LogP contribution in [0.2, 0.25) is 0 Å². The number of hydrogen-bond acceptors (Lipinski definition) is 1. The summed E-state index contributed by atoms with van der Waals surface area (Å²) in [5, 5.41) is 9.59. The van der Waals surface area contributed by atoms with Crippen molar-refractivity contribution < 1.29 is 9.90 Å². The molecule has 1 aliphatic rings. The molecule has 0 amide bonds. The molecular formula is C16H30O2. The van der Waals surface area contributed by atoms with Gasteiger partial charge in [0.15, 0.2) is 0 Å². The highest BCUT2D eigenvalue weighted by molar-refractivity contribution is 5.74. The summed E-state index contributed by atoms with van der Waals surface area (Å²) in [6.45, 7) is 11.2. The van der Waals surface area contributed by atoms with Gasteiger partial charge in [-0.15, -0.1) is 0 Å². The van der Waals surface area contributed by atoms with Crippen molar-refractivity contribution in [1.82, 2.24) is 0 Å². The normalized spacial score (nSPS) is 29.6. The van der Waals surface area contributed by atoms with Crippen molar-refractivity contribution >= 4 is 5.97 Å². The predicted octanol–water partition coefficient (Wildman–Crippen LogP) is 4.73. The molecule has 0 saturated heterocycles. The molecule has 0 aliphatic heterocycles. The van der Waals surface area contributed by atoms with Crippen LogP contribution in [0.5, 0.6) is 0 Å². The van der Waals surface area contributed by atoms with E-state index in [0.717, 1.165) is 38.5 Å². The molecule has 2 nitrogen and oxygen atoms in total. The van der Waals surface area contributed by atoms with Gasteiger partial charge in [0.2, 0.25) is 0 Å². The summed E-state index contributed by atoms with van der Waals surface area (Å²) in [6.07, 6.45) is 5.79. The maximum Gasteiger partial charge on any atom is 0.309 e.